The largest absolute Gasteiger partial charge is 0.432 e. The molecule has 11 heteroatoms. The molecule has 2 fully saturated rings. The number of likely N-dealkylation sites (tertiary alicyclic amines) is 1. The Kier molecular flexibility index (Phi) is 7.96. The first-order chi connectivity index (χ1) is 23.9. The van der Waals surface area contributed by atoms with Gasteiger partial charge >= 0.3 is 0 Å². The third-order valence-electron chi connectivity index (χ3n) is 11.3. The Balaban J connectivity index is 1.14. The van der Waals surface area contributed by atoms with Gasteiger partial charge < -0.3 is 24.4 Å². The number of anilines is 3. The van der Waals surface area contributed by atoms with Crippen molar-refractivity contribution in [2.45, 2.75) is 69.1 Å². The Morgan fingerprint density at radius 2 is 1.78 bits per heavy atom. The van der Waals surface area contributed by atoms with Crippen LogP contribution < -0.4 is 9.80 Å². The molecule has 1 spiro atoms. The maximum absolute atomic E-state index is 14.9. The van der Waals surface area contributed by atoms with Gasteiger partial charge in [0.25, 0.3) is 11.8 Å². The molecule has 4 aromatic carbocycles. The van der Waals surface area contributed by atoms with Crippen molar-refractivity contribution < 1.29 is 29.0 Å². The van der Waals surface area contributed by atoms with Gasteiger partial charge in [0.05, 0.1) is 48.7 Å². The normalized spacial score (nSPS) is 25.8. The first kappa shape index (κ1) is 33.1. The average molecular weight is 710 g/mol. The minimum Gasteiger partial charge on any atom is -0.432 e. The van der Waals surface area contributed by atoms with Crippen molar-refractivity contribution in [3.8, 4) is 0 Å². The van der Waals surface area contributed by atoms with Crippen LogP contribution in [0.3, 0.4) is 0 Å². The van der Waals surface area contributed by atoms with Crippen LogP contribution in [0.4, 0.5) is 17.1 Å². The molecule has 2 N–H and O–H groups in total. The lowest BCUT2D eigenvalue weighted by Crippen LogP contribution is -2.46. The lowest BCUT2D eigenvalue weighted by atomic mass is 9.82. The molecule has 0 unspecified atom stereocenters. The number of carbonyl (C=O) groups excluding carboxylic acids is 3. The zero-order valence-electron chi connectivity index (χ0n) is 28.3. The number of ether oxygens (including phenoxy) is 1. The van der Waals surface area contributed by atoms with Gasteiger partial charge in [0.1, 0.15) is 0 Å². The number of hydrogen-bond donors (Lipinski definition) is 2. The second-order valence-electron chi connectivity index (χ2n) is 14.7. The number of benzene rings is 4. The molecule has 4 heterocycles. The predicted octanol–water partition coefficient (Wildman–Crippen LogP) is 6.50. The van der Waals surface area contributed by atoms with Crippen LogP contribution in [0.1, 0.15) is 47.7 Å². The molecular weight excluding hydrogens is 670 g/mol. The van der Waals surface area contributed by atoms with Gasteiger partial charge in [-0.05, 0) is 79.3 Å². The maximum atomic E-state index is 14.9. The van der Waals surface area contributed by atoms with Crippen LogP contribution in [-0.4, -0.2) is 66.1 Å². The molecule has 9 nitrogen and oxygen atoms in total. The molecule has 4 aliphatic rings. The minimum atomic E-state index is -3.00. The Morgan fingerprint density at radius 1 is 1.02 bits per heavy atom. The lowest BCUT2D eigenvalue weighted by Gasteiger charge is -2.33. The Labute approximate surface area is 297 Å². The molecule has 0 radical (unpaired) electrons. The molecule has 8 rings (SSSR count). The fraction of sp³-hybridized carbons (Fsp3) is 0.359. The molecule has 0 aliphatic carbocycles. The summed E-state index contributed by atoms with van der Waals surface area (Å²) in [6, 6.07) is 24.5. The summed E-state index contributed by atoms with van der Waals surface area (Å²) >= 11 is 6.58. The van der Waals surface area contributed by atoms with E-state index in [2.05, 4.69) is 0 Å². The van der Waals surface area contributed by atoms with E-state index in [0.717, 1.165) is 34.9 Å². The van der Waals surface area contributed by atoms with Crippen molar-refractivity contribution in [3.63, 3.8) is 0 Å². The van der Waals surface area contributed by atoms with Gasteiger partial charge in [-0.2, -0.15) is 0 Å². The third-order valence-corrected chi connectivity index (χ3v) is 14.0. The highest BCUT2D eigenvalue weighted by molar-refractivity contribution is 6.71. The number of amides is 3. The number of nitrogens with zero attached hydrogens (tertiary/aromatic N) is 3. The van der Waals surface area contributed by atoms with E-state index < -0.39 is 31.5 Å². The van der Waals surface area contributed by atoms with E-state index in [1.165, 1.54) is 0 Å². The van der Waals surface area contributed by atoms with Gasteiger partial charge in [0.2, 0.25) is 5.91 Å². The molecule has 5 atom stereocenters. The number of rotatable bonds is 7. The van der Waals surface area contributed by atoms with E-state index in [1.807, 2.05) is 86.7 Å². The summed E-state index contributed by atoms with van der Waals surface area (Å²) in [5.74, 6) is -0.963. The molecule has 0 aromatic heterocycles. The number of fused-ring (bicyclic) bond motifs is 2. The molecule has 4 aliphatic heterocycles. The van der Waals surface area contributed by atoms with Gasteiger partial charge in [-0.1, -0.05) is 54.9 Å². The zero-order chi connectivity index (χ0) is 35.1. The molecule has 3 amide bonds. The summed E-state index contributed by atoms with van der Waals surface area (Å²) in [5.41, 5.74) is 2.42. The number of carbonyl (C=O) groups is 3. The number of halogens is 1. The third kappa shape index (κ3) is 4.95. The van der Waals surface area contributed by atoms with Gasteiger partial charge in [-0.15, -0.1) is 0 Å². The van der Waals surface area contributed by atoms with Crippen molar-refractivity contribution >= 4 is 65.5 Å². The van der Waals surface area contributed by atoms with E-state index in [0.29, 0.717) is 34.1 Å². The van der Waals surface area contributed by atoms with Crippen molar-refractivity contribution in [2.75, 3.05) is 23.0 Å². The summed E-state index contributed by atoms with van der Waals surface area (Å²) in [6.07, 6.45) is 0.872. The second-order valence-corrected chi connectivity index (χ2v) is 19.1. The van der Waals surface area contributed by atoms with Crippen molar-refractivity contribution in [2.24, 2.45) is 5.92 Å². The Hall–Kier alpha value is -4.06. The quantitative estimate of drug-likeness (QED) is 0.212. The van der Waals surface area contributed by atoms with Crippen LogP contribution in [0, 0.1) is 5.92 Å². The van der Waals surface area contributed by atoms with Crippen LogP contribution in [0.2, 0.25) is 23.7 Å². The summed E-state index contributed by atoms with van der Waals surface area (Å²) < 4.78 is 6.87. The summed E-state index contributed by atoms with van der Waals surface area (Å²) in [5, 5.41) is 12.3. The fourth-order valence-corrected chi connectivity index (χ4v) is 11.9. The fourth-order valence-electron chi connectivity index (χ4n) is 9.20. The molecule has 50 heavy (non-hydrogen) atoms. The van der Waals surface area contributed by atoms with Crippen LogP contribution >= 0.6 is 11.6 Å². The predicted molar refractivity (Wildman–Crippen MR) is 195 cm³/mol. The topological polar surface area (TPSA) is 111 Å². The Bertz CT molecular complexity index is 2060. The van der Waals surface area contributed by atoms with Gasteiger partial charge in [0.15, 0.2) is 13.9 Å². The minimum absolute atomic E-state index is 0.00841. The molecule has 4 aromatic rings. The van der Waals surface area contributed by atoms with Crippen molar-refractivity contribution in [1.29, 1.82) is 0 Å². The van der Waals surface area contributed by atoms with E-state index in [-0.39, 0.29) is 43.3 Å². The van der Waals surface area contributed by atoms with E-state index in [9.17, 15) is 24.3 Å². The number of aliphatic hydroxyl groups is 1. The molecule has 2 saturated heterocycles. The zero-order valence-corrected chi connectivity index (χ0v) is 30.1. The number of aliphatic hydroxyl groups excluding tert-OH is 1. The van der Waals surface area contributed by atoms with Crippen molar-refractivity contribution in [3.05, 3.63) is 101 Å². The van der Waals surface area contributed by atoms with Crippen LogP contribution in [-0.2, 0) is 26.5 Å². The molecule has 0 bridgehead atoms. The van der Waals surface area contributed by atoms with Gasteiger partial charge in [-0.25, -0.2) is 0 Å². The van der Waals surface area contributed by atoms with Crippen LogP contribution in [0.25, 0.3) is 10.8 Å². The summed E-state index contributed by atoms with van der Waals surface area (Å²) in [6.45, 7) is 6.28. The smallest absolute Gasteiger partial charge is 0.264 e. The van der Waals surface area contributed by atoms with Gasteiger partial charge in [0, 0.05) is 39.7 Å². The second kappa shape index (κ2) is 12.0. The Morgan fingerprint density at radius 3 is 2.54 bits per heavy atom. The number of hydrogen-bond acceptors (Lipinski definition) is 6. The van der Waals surface area contributed by atoms with E-state index >= 15 is 0 Å². The standard InChI is InChI=1S/C39H40ClN3O6Si/c1-23-36(50(2,3)48)33(20-34(45)41-17-7-12-28(41)22-44)49-39(23)30-19-26(40)15-16-31(30)42(38(39)47)21-24-8-4-11-27(18-24)43-32-14-6-10-25-9-5-13-29(35(25)32)37(43)46/h4-6,8-11,13-16,18-19,23,28,33,36,44,48H,7,12,17,20-22H2,1-3H3/t23-,28-,33+,36-,39+/m0/s1. The lowest BCUT2D eigenvalue weighted by molar-refractivity contribution is -0.150. The monoisotopic (exact) mass is 709 g/mol. The first-order valence-electron chi connectivity index (χ1n) is 17.3. The SMILES string of the molecule is C[C@H]1[C@H]([Si](C)(C)O)[C@@H](CC(=O)N2CCC[C@H]2CO)O[C@]12C(=O)N(Cc1cccc(N3C(=O)c4cccc5cccc3c45)c1)c1ccc(Cl)cc12. The van der Waals surface area contributed by atoms with E-state index in [4.69, 9.17) is 16.3 Å². The average Bonchev–Trinajstić information content (AvgIpc) is 3.81. The maximum Gasteiger partial charge on any atom is 0.264 e. The molecule has 258 valence electrons. The van der Waals surface area contributed by atoms with Crippen molar-refractivity contribution in [1.82, 2.24) is 4.90 Å². The molecular formula is C39H40ClN3O6Si. The highest BCUT2D eigenvalue weighted by Crippen LogP contribution is 2.60. The summed E-state index contributed by atoms with van der Waals surface area (Å²) in [7, 11) is -3.00. The van der Waals surface area contributed by atoms with Gasteiger partial charge in [-0.3, -0.25) is 19.3 Å². The molecule has 0 saturated carbocycles. The van der Waals surface area contributed by atoms with E-state index in [1.54, 1.807) is 26.8 Å². The highest BCUT2D eigenvalue weighted by atomic mass is 35.5. The summed E-state index contributed by atoms with van der Waals surface area (Å²) in [4.78, 5) is 59.1. The first-order valence-corrected chi connectivity index (χ1v) is 20.7. The highest BCUT2D eigenvalue weighted by Gasteiger charge is 2.66. The van der Waals surface area contributed by atoms with Crippen LogP contribution in [0.5, 0.6) is 0 Å². The van der Waals surface area contributed by atoms with Crippen LogP contribution in [0.15, 0.2) is 78.9 Å².